The summed E-state index contributed by atoms with van der Waals surface area (Å²) >= 11 is 0. The molecule has 1 aromatic heterocycles. The molecule has 0 spiro atoms. The van der Waals surface area contributed by atoms with E-state index in [1.807, 2.05) is 25.1 Å². The lowest BCUT2D eigenvalue weighted by molar-refractivity contribution is 0.0279. The summed E-state index contributed by atoms with van der Waals surface area (Å²) in [6, 6.07) is 10.3. The molecule has 1 atom stereocenters. The van der Waals surface area contributed by atoms with Gasteiger partial charge in [0.25, 0.3) is 0 Å². The van der Waals surface area contributed by atoms with Gasteiger partial charge in [0.2, 0.25) is 0 Å². The van der Waals surface area contributed by atoms with Crippen LogP contribution in [0.1, 0.15) is 17.7 Å². The first-order valence-corrected chi connectivity index (χ1v) is 11.5. The molecule has 2 fully saturated rings. The molecule has 4 rings (SSSR count). The minimum Gasteiger partial charge on any atom is -0.492 e. The van der Waals surface area contributed by atoms with Crippen LogP contribution in [0.25, 0.3) is 0 Å². The number of benzene rings is 1. The summed E-state index contributed by atoms with van der Waals surface area (Å²) in [6.07, 6.45) is 2.32. The molecule has 2 aliphatic heterocycles. The van der Waals surface area contributed by atoms with Gasteiger partial charge in [0, 0.05) is 57.6 Å². The zero-order valence-corrected chi connectivity index (χ0v) is 19.2. The average Bonchev–Trinajstić information content (AvgIpc) is 3.17. The molecular weight excluding hydrogens is 406 g/mol. The molecule has 8 heteroatoms. The van der Waals surface area contributed by atoms with Crippen LogP contribution < -0.4 is 9.64 Å². The number of hydrogen-bond acceptors (Lipinski definition) is 8. The number of morpholine rings is 1. The number of rotatable bonds is 9. The Labute approximate surface area is 190 Å². The number of nitrogens with zero attached hydrogens (tertiary/aromatic N) is 5. The van der Waals surface area contributed by atoms with E-state index >= 15 is 0 Å². The molecule has 0 bridgehead atoms. The van der Waals surface area contributed by atoms with Crippen molar-refractivity contribution < 1.29 is 14.6 Å². The average molecular weight is 442 g/mol. The van der Waals surface area contributed by atoms with Gasteiger partial charge in [-0.2, -0.15) is 0 Å². The maximum absolute atomic E-state index is 11.1. The van der Waals surface area contributed by atoms with Crippen LogP contribution in [0, 0.1) is 6.92 Å². The second kappa shape index (κ2) is 10.6. The lowest BCUT2D eigenvalue weighted by Crippen LogP contribution is -2.43. The van der Waals surface area contributed by atoms with Gasteiger partial charge < -0.3 is 19.5 Å². The molecule has 0 amide bonds. The van der Waals surface area contributed by atoms with Crippen LogP contribution in [0.3, 0.4) is 0 Å². The van der Waals surface area contributed by atoms with Gasteiger partial charge in [0.15, 0.2) is 0 Å². The number of aromatic nitrogens is 2. The summed E-state index contributed by atoms with van der Waals surface area (Å²) in [5, 5.41) is 11.1. The van der Waals surface area contributed by atoms with E-state index < -0.39 is 5.60 Å². The van der Waals surface area contributed by atoms with Crippen LogP contribution in [0.4, 0.5) is 5.82 Å². The number of likely N-dealkylation sites (N-methyl/N-ethyl adjacent to an activating group) is 1. The molecule has 0 aliphatic carbocycles. The Morgan fingerprint density at radius 3 is 2.69 bits per heavy atom. The first-order valence-electron chi connectivity index (χ1n) is 11.5. The predicted molar refractivity (Wildman–Crippen MR) is 124 cm³/mol. The van der Waals surface area contributed by atoms with Crippen molar-refractivity contribution >= 4 is 5.82 Å². The molecule has 32 heavy (non-hydrogen) atoms. The Kier molecular flexibility index (Phi) is 7.57. The lowest BCUT2D eigenvalue weighted by atomic mass is 10.0. The standard InChI is InChI=1S/C24H35N5O3/c1-20-15-23(26-19-25-20)29-8-7-24(30,18-29)17-27(2)16-21-3-5-22(6-4-21)32-14-11-28-9-12-31-13-10-28/h3-6,15,19,30H,7-14,16-18H2,1-2H3/t24-/m0/s1. The van der Waals surface area contributed by atoms with Crippen molar-refractivity contribution in [3.05, 3.63) is 47.9 Å². The summed E-state index contributed by atoms with van der Waals surface area (Å²) in [5.41, 5.74) is 1.41. The van der Waals surface area contributed by atoms with Crippen molar-refractivity contribution in [1.82, 2.24) is 19.8 Å². The van der Waals surface area contributed by atoms with Crippen LogP contribution in [0.5, 0.6) is 5.75 Å². The van der Waals surface area contributed by atoms with Crippen molar-refractivity contribution in [2.24, 2.45) is 0 Å². The Hall–Kier alpha value is -2.26. The third-order valence-electron chi connectivity index (χ3n) is 6.17. The van der Waals surface area contributed by atoms with Gasteiger partial charge in [-0.25, -0.2) is 9.97 Å². The highest BCUT2D eigenvalue weighted by molar-refractivity contribution is 5.41. The van der Waals surface area contributed by atoms with Crippen LogP contribution in [-0.4, -0.2) is 96.6 Å². The molecular formula is C24H35N5O3. The molecule has 2 saturated heterocycles. The highest BCUT2D eigenvalue weighted by Crippen LogP contribution is 2.26. The fourth-order valence-corrected chi connectivity index (χ4v) is 4.47. The van der Waals surface area contributed by atoms with Crippen LogP contribution in [0.2, 0.25) is 0 Å². The summed E-state index contributed by atoms with van der Waals surface area (Å²) in [7, 11) is 2.06. The molecule has 1 aromatic carbocycles. The van der Waals surface area contributed by atoms with E-state index in [9.17, 15) is 5.11 Å². The Balaban J connectivity index is 1.22. The molecule has 0 unspecified atom stereocenters. The molecule has 174 valence electrons. The zero-order chi connectivity index (χ0) is 22.4. The van der Waals surface area contributed by atoms with E-state index in [4.69, 9.17) is 9.47 Å². The Morgan fingerprint density at radius 1 is 1.16 bits per heavy atom. The molecule has 2 aromatic rings. The van der Waals surface area contributed by atoms with Crippen molar-refractivity contribution in [3.8, 4) is 5.75 Å². The van der Waals surface area contributed by atoms with E-state index in [-0.39, 0.29) is 0 Å². The van der Waals surface area contributed by atoms with Crippen molar-refractivity contribution in [1.29, 1.82) is 0 Å². The van der Waals surface area contributed by atoms with Gasteiger partial charge in [-0.3, -0.25) is 9.80 Å². The molecule has 1 N–H and O–H groups in total. The second-order valence-corrected chi connectivity index (χ2v) is 9.03. The molecule has 0 radical (unpaired) electrons. The Bertz CT molecular complexity index is 859. The van der Waals surface area contributed by atoms with Gasteiger partial charge in [0.05, 0.1) is 18.8 Å². The first-order chi connectivity index (χ1) is 15.5. The summed E-state index contributed by atoms with van der Waals surface area (Å²) in [5.74, 6) is 1.79. The fraction of sp³-hybridized carbons (Fsp3) is 0.583. The van der Waals surface area contributed by atoms with Crippen LogP contribution in [-0.2, 0) is 11.3 Å². The largest absolute Gasteiger partial charge is 0.492 e. The van der Waals surface area contributed by atoms with E-state index in [2.05, 4.69) is 43.8 Å². The normalized spacial score (nSPS) is 21.9. The lowest BCUT2D eigenvalue weighted by Gasteiger charge is -2.29. The smallest absolute Gasteiger partial charge is 0.132 e. The molecule has 3 heterocycles. The maximum atomic E-state index is 11.1. The predicted octanol–water partition coefficient (Wildman–Crippen LogP) is 1.57. The number of aliphatic hydroxyl groups is 1. The summed E-state index contributed by atoms with van der Waals surface area (Å²) in [6.45, 7) is 9.96. The number of hydrogen-bond donors (Lipinski definition) is 1. The van der Waals surface area contributed by atoms with E-state index in [0.717, 1.165) is 69.6 Å². The zero-order valence-electron chi connectivity index (χ0n) is 19.2. The van der Waals surface area contributed by atoms with Gasteiger partial charge in [-0.05, 0) is 38.1 Å². The Morgan fingerprint density at radius 2 is 1.94 bits per heavy atom. The van der Waals surface area contributed by atoms with Gasteiger partial charge >= 0.3 is 0 Å². The minimum atomic E-state index is -0.740. The minimum absolute atomic E-state index is 0.587. The summed E-state index contributed by atoms with van der Waals surface area (Å²) < 4.78 is 11.3. The number of aryl methyl sites for hydroxylation is 1. The number of anilines is 1. The van der Waals surface area contributed by atoms with Crippen LogP contribution in [0.15, 0.2) is 36.7 Å². The van der Waals surface area contributed by atoms with E-state index in [1.165, 1.54) is 5.56 Å². The fourth-order valence-electron chi connectivity index (χ4n) is 4.47. The van der Waals surface area contributed by atoms with Crippen molar-refractivity contribution in [3.63, 3.8) is 0 Å². The second-order valence-electron chi connectivity index (χ2n) is 9.03. The van der Waals surface area contributed by atoms with E-state index in [1.54, 1.807) is 6.33 Å². The van der Waals surface area contributed by atoms with Crippen LogP contribution >= 0.6 is 0 Å². The quantitative estimate of drug-likeness (QED) is 0.629. The topological polar surface area (TPSA) is 74.2 Å². The number of ether oxygens (including phenoxy) is 2. The molecule has 0 saturated carbocycles. The maximum Gasteiger partial charge on any atom is 0.132 e. The van der Waals surface area contributed by atoms with E-state index in [0.29, 0.717) is 19.7 Å². The van der Waals surface area contributed by atoms with Gasteiger partial charge in [-0.1, -0.05) is 12.1 Å². The SMILES string of the molecule is Cc1cc(N2CC[C@](O)(CN(C)Cc3ccc(OCCN4CCOCC4)cc3)C2)ncn1. The van der Waals surface area contributed by atoms with Gasteiger partial charge in [0.1, 0.15) is 24.5 Å². The number of β-amino-alcohol motifs (C(OH)–C–C–N with tert-alkyl or cyclic N) is 1. The molecule has 2 aliphatic rings. The third kappa shape index (κ3) is 6.38. The van der Waals surface area contributed by atoms with Crippen molar-refractivity contribution in [2.75, 3.05) is 71.0 Å². The van der Waals surface area contributed by atoms with Crippen molar-refractivity contribution in [2.45, 2.75) is 25.5 Å². The highest BCUT2D eigenvalue weighted by Gasteiger charge is 2.37. The first kappa shape index (κ1) is 22.9. The summed E-state index contributed by atoms with van der Waals surface area (Å²) in [4.78, 5) is 15.2. The third-order valence-corrected chi connectivity index (χ3v) is 6.17. The molecule has 8 nitrogen and oxygen atoms in total. The monoisotopic (exact) mass is 441 g/mol. The van der Waals surface area contributed by atoms with Gasteiger partial charge in [-0.15, -0.1) is 0 Å². The highest BCUT2D eigenvalue weighted by atomic mass is 16.5.